The molecule has 0 heterocycles. The molecule has 4 nitrogen and oxygen atoms in total. The molecule has 0 spiro atoms. The van der Waals surface area contributed by atoms with Crippen LogP contribution >= 0.6 is 0 Å². The molecule has 0 aromatic rings. The Kier molecular flexibility index (Phi) is 71.6. The Morgan fingerprint density at radius 3 is 0.238 bits per heavy atom. The van der Waals surface area contributed by atoms with Gasteiger partial charge in [0, 0.05) is 0 Å². The third-order valence-corrected chi connectivity index (χ3v) is 10.7. The first-order valence-corrected chi connectivity index (χ1v) is 16.4. The Bertz CT molecular complexity index is 299. The molecule has 0 N–H and O–H groups in total. The van der Waals surface area contributed by atoms with Gasteiger partial charge in [-0.3, -0.25) is 0 Å². The van der Waals surface area contributed by atoms with Crippen molar-refractivity contribution < 1.29 is 97.0 Å². The monoisotopic (exact) mass is 758 g/mol. The minimum Gasteiger partial charge on any atom is -1.00 e. The van der Waals surface area contributed by atoms with Crippen molar-refractivity contribution in [1.82, 2.24) is 0 Å². The average molecular weight is 762 g/mol. The van der Waals surface area contributed by atoms with Crippen LogP contribution in [0.1, 0.15) is 111 Å². The molecule has 274 valence electrons. The maximum absolute atomic E-state index is 2.27. The molecule has 0 aromatic heterocycles. The molecule has 0 bridgehead atoms. The zero-order valence-corrected chi connectivity index (χ0v) is 36.0. The van der Waals surface area contributed by atoms with Crippen LogP contribution in [0.2, 0.25) is 0 Å². The van der Waals surface area contributed by atoms with E-state index in [9.17, 15) is 0 Å². The topological polar surface area (TPSA) is 0 Å². The molecule has 0 aliphatic heterocycles. The van der Waals surface area contributed by atoms with Crippen LogP contribution in [-0.4, -0.2) is 123 Å². The molecular formula is C32H80Cl5CuN4. The van der Waals surface area contributed by atoms with Crippen molar-refractivity contribution in [2.24, 2.45) is 0 Å². The van der Waals surface area contributed by atoms with Gasteiger partial charge >= 0.3 is 17.1 Å². The fraction of sp³-hybridized carbons (Fsp3) is 1.00. The molecule has 42 heavy (non-hydrogen) atoms. The second-order valence-electron chi connectivity index (χ2n) is 10.4. The van der Waals surface area contributed by atoms with Crippen molar-refractivity contribution in [3.63, 3.8) is 0 Å². The van der Waals surface area contributed by atoms with Crippen LogP contribution in [0.3, 0.4) is 0 Å². The average Bonchev–Trinajstić information content (AvgIpc) is 2.96. The van der Waals surface area contributed by atoms with Crippen molar-refractivity contribution in [1.29, 1.82) is 0 Å². The summed E-state index contributed by atoms with van der Waals surface area (Å²) in [6.07, 6.45) is 0. The molecule has 0 aromatic carbocycles. The SMILES string of the molecule is CC[N+](CC)(CC)CC.CC[N+](CC)(CC)CC.CC[N+](CC)(CC)CC.CC[N+](CC)(CC)CC.[Cl-].[Cl-].[Cl-].[Cl-].[Cl-].[Cu+]. The van der Waals surface area contributed by atoms with Crippen LogP contribution in [0.5, 0.6) is 0 Å². The summed E-state index contributed by atoms with van der Waals surface area (Å²) >= 11 is 0. The van der Waals surface area contributed by atoms with E-state index in [1.54, 1.807) is 0 Å². The molecule has 0 rings (SSSR count). The molecule has 0 aliphatic carbocycles. The van der Waals surface area contributed by atoms with Gasteiger partial charge in [0.2, 0.25) is 0 Å². The van der Waals surface area contributed by atoms with Gasteiger partial charge in [0.1, 0.15) is 0 Å². The fourth-order valence-electron chi connectivity index (χ4n) is 5.37. The fourth-order valence-corrected chi connectivity index (χ4v) is 5.37. The predicted molar refractivity (Wildman–Crippen MR) is 170 cm³/mol. The smallest absolute Gasteiger partial charge is 1.00 e. The standard InChI is InChI=1S/4C8H20N.5ClH.Cu/c4*1-5-9(6-2,7-3)8-4;;;;;;/h4*5-8H2,1-4H3;5*1H;/q4*+1;;;;;;+1/p-5. The first-order chi connectivity index (χ1) is 17.0. The first kappa shape index (κ1) is 70.2. The van der Waals surface area contributed by atoms with Crippen LogP contribution in [0.25, 0.3) is 0 Å². The van der Waals surface area contributed by atoms with Crippen LogP contribution in [0.15, 0.2) is 0 Å². The summed E-state index contributed by atoms with van der Waals surface area (Å²) in [7, 11) is 0. The zero-order chi connectivity index (χ0) is 29.3. The molecule has 0 saturated heterocycles. The van der Waals surface area contributed by atoms with Gasteiger partial charge in [0.25, 0.3) is 0 Å². The number of rotatable bonds is 16. The van der Waals surface area contributed by atoms with E-state index in [4.69, 9.17) is 0 Å². The quantitative estimate of drug-likeness (QED) is 0.109. The summed E-state index contributed by atoms with van der Waals surface area (Å²) in [6, 6.07) is 0. The molecule has 0 aliphatic rings. The largest absolute Gasteiger partial charge is 1.00 e. The third-order valence-electron chi connectivity index (χ3n) is 10.7. The van der Waals surface area contributed by atoms with Gasteiger partial charge in [-0.05, 0) is 111 Å². The van der Waals surface area contributed by atoms with Gasteiger partial charge in [-0.1, -0.05) is 0 Å². The van der Waals surface area contributed by atoms with Gasteiger partial charge in [-0.15, -0.1) is 0 Å². The number of hydrogen-bond donors (Lipinski definition) is 0. The Balaban J connectivity index is -0.0000000388. The van der Waals surface area contributed by atoms with Crippen molar-refractivity contribution >= 4 is 0 Å². The summed E-state index contributed by atoms with van der Waals surface area (Å²) in [6.45, 7) is 56.9. The number of halogens is 5. The van der Waals surface area contributed by atoms with E-state index in [0.717, 1.165) is 0 Å². The van der Waals surface area contributed by atoms with Gasteiger partial charge in [-0.25, -0.2) is 0 Å². The molecule has 0 unspecified atom stereocenters. The molecule has 0 amide bonds. The molecular weight excluding hydrogens is 681 g/mol. The summed E-state index contributed by atoms with van der Waals surface area (Å²) in [4.78, 5) is 0. The van der Waals surface area contributed by atoms with Crippen molar-refractivity contribution in [2.75, 3.05) is 105 Å². The van der Waals surface area contributed by atoms with Crippen LogP contribution in [0, 0.1) is 0 Å². The normalized spacial score (nSPS) is 10.3. The zero-order valence-electron chi connectivity index (χ0n) is 31.3. The summed E-state index contributed by atoms with van der Waals surface area (Å²) in [5.41, 5.74) is 0. The van der Waals surface area contributed by atoms with Crippen LogP contribution < -0.4 is 62.0 Å². The molecule has 10 heteroatoms. The van der Waals surface area contributed by atoms with Gasteiger partial charge in [0.15, 0.2) is 0 Å². The van der Waals surface area contributed by atoms with E-state index in [1.165, 1.54) is 123 Å². The van der Waals surface area contributed by atoms with Gasteiger partial charge < -0.3 is 80.0 Å². The molecule has 0 fully saturated rings. The van der Waals surface area contributed by atoms with E-state index in [-0.39, 0.29) is 79.1 Å². The minimum absolute atomic E-state index is 0. The summed E-state index contributed by atoms with van der Waals surface area (Å²) in [5.74, 6) is 0. The molecule has 0 radical (unpaired) electrons. The second kappa shape index (κ2) is 42.8. The first-order valence-electron chi connectivity index (χ1n) is 16.4. The third kappa shape index (κ3) is 28.1. The Morgan fingerprint density at radius 2 is 0.238 bits per heavy atom. The number of nitrogens with zero attached hydrogens (tertiary/aromatic N) is 4. The van der Waals surface area contributed by atoms with Crippen LogP contribution in [-0.2, 0) is 17.1 Å². The Labute approximate surface area is 310 Å². The van der Waals surface area contributed by atoms with E-state index in [1.807, 2.05) is 0 Å². The molecule has 0 atom stereocenters. The van der Waals surface area contributed by atoms with Crippen molar-refractivity contribution in [3.05, 3.63) is 0 Å². The number of quaternary nitrogens is 4. The Hall–Kier alpha value is 1.81. The second-order valence-corrected chi connectivity index (χ2v) is 10.4. The van der Waals surface area contributed by atoms with E-state index in [0.29, 0.717) is 0 Å². The molecule has 0 saturated carbocycles. The summed E-state index contributed by atoms with van der Waals surface area (Å²) < 4.78 is 5.11. The summed E-state index contributed by atoms with van der Waals surface area (Å²) in [5, 5.41) is 0. The predicted octanol–water partition coefficient (Wildman–Crippen LogP) is -7.45. The van der Waals surface area contributed by atoms with Gasteiger partial charge in [-0.2, -0.15) is 0 Å². The van der Waals surface area contributed by atoms with Crippen LogP contribution in [0.4, 0.5) is 0 Å². The van der Waals surface area contributed by atoms with Crippen molar-refractivity contribution in [3.8, 4) is 0 Å². The Morgan fingerprint density at radius 1 is 0.190 bits per heavy atom. The maximum atomic E-state index is 2.27. The van der Waals surface area contributed by atoms with E-state index >= 15 is 0 Å². The van der Waals surface area contributed by atoms with E-state index in [2.05, 4.69) is 111 Å². The van der Waals surface area contributed by atoms with E-state index < -0.39 is 0 Å². The minimum atomic E-state index is 0. The van der Waals surface area contributed by atoms with Gasteiger partial charge in [0.05, 0.1) is 105 Å². The number of hydrogen-bond acceptors (Lipinski definition) is 0. The maximum Gasteiger partial charge on any atom is 1.00 e. The van der Waals surface area contributed by atoms with Crippen molar-refractivity contribution in [2.45, 2.75) is 111 Å².